The predicted octanol–water partition coefficient (Wildman–Crippen LogP) is 2.34. The number of amides is 1. The molecule has 0 aliphatic heterocycles. The number of rotatable bonds is 7. The lowest BCUT2D eigenvalue weighted by molar-refractivity contribution is -0.121. The molecule has 0 fully saturated rings. The van der Waals surface area contributed by atoms with Crippen molar-refractivity contribution in [3.05, 3.63) is 23.8 Å². The maximum Gasteiger partial charge on any atom is 0.240 e. The van der Waals surface area contributed by atoms with Crippen molar-refractivity contribution in [2.24, 2.45) is 5.10 Å². The zero-order valence-electron chi connectivity index (χ0n) is 11.6. The summed E-state index contributed by atoms with van der Waals surface area (Å²) in [6.07, 6.45) is 3.89. The number of ether oxygens (including phenoxy) is 2. The standard InChI is InChI=1S/C14H20N2O3/c1-4-5-6-14(17)16-15-10-11-9-12(18-2)7-8-13(11)19-3/h7-10H,4-6H2,1-3H3,(H,16,17)/b15-10+. The maximum absolute atomic E-state index is 11.4. The lowest BCUT2D eigenvalue weighted by atomic mass is 10.2. The molecule has 0 aliphatic carbocycles. The highest BCUT2D eigenvalue weighted by Gasteiger charge is 2.03. The second kappa shape index (κ2) is 8.13. The number of methoxy groups -OCH3 is 2. The molecule has 1 amide bonds. The van der Waals surface area contributed by atoms with Gasteiger partial charge < -0.3 is 9.47 Å². The molecule has 0 aliphatic rings. The van der Waals surface area contributed by atoms with Crippen LogP contribution in [0.1, 0.15) is 31.7 Å². The van der Waals surface area contributed by atoms with Crippen LogP contribution in [0.5, 0.6) is 11.5 Å². The van der Waals surface area contributed by atoms with E-state index in [0.717, 1.165) is 18.4 Å². The second-order valence-electron chi connectivity index (χ2n) is 4.00. The van der Waals surface area contributed by atoms with Crippen molar-refractivity contribution in [3.8, 4) is 11.5 Å². The molecule has 5 nitrogen and oxygen atoms in total. The molecular weight excluding hydrogens is 244 g/mol. The van der Waals surface area contributed by atoms with Gasteiger partial charge in [0.1, 0.15) is 11.5 Å². The van der Waals surface area contributed by atoms with Crippen molar-refractivity contribution in [3.63, 3.8) is 0 Å². The summed E-state index contributed by atoms with van der Waals surface area (Å²) in [5.74, 6) is 1.30. The molecule has 0 spiro atoms. The van der Waals surface area contributed by atoms with Gasteiger partial charge in [-0.3, -0.25) is 4.79 Å². The molecule has 1 aromatic rings. The van der Waals surface area contributed by atoms with Crippen LogP contribution >= 0.6 is 0 Å². The summed E-state index contributed by atoms with van der Waals surface area (Å²) in [6.45, 7) is 2.04. The van der Waals surface area contributed by atoms with Crippen LogP contribution < -0.4 is 14.9 Å². The molecule has 0 saturated carbocycles. The third-order valence-corrected chi connectivity index (χ3v) is 2.59. The zero-order valence-corrected chi connectivity index (χ0v) is 11.6. The van der Waals surface area contributed by atoms with E-state index < -0.39 is 0 Å². The molecule has 104 valence electrons. The smallest absolute Gasteiger partial charge is 0.240 e. The maximum atomic E-state index is 11.4. The number of carbonyl (C=O) groups is 1. The first-order valence-corrected chi connectivity index (χ1v) is 6.25. The highest BCUT2D eigenvalue weighted by atomic mass is 16.5. The van der Waals surface area contributed by atoms with E-state index in [0.29, 0.717) is 17.9 Å². The molecule has 1 N–H and O–H groups in total. The SMILES string of the molecule is CCCCC(=O)N/N=C/c1cc(OC)ccc1OC. The summed E-state index contributed by atoms with van der Waals surface area (Å²) in [6, 6.07) is 5.38. The van der Waals surface area contributed by atoms with E-state index in [-0.39, 0.29) is 5.91 Å². The Kier molecular flexibility index (Phi) is 6.43. The normalized spacial score (nSPS) is 10.5. The molecule has 0 aromatic heterocycles. The third-order valence-electron chi connectivity index (χ3n) is 2.59. The first-order chi connectivity index (χ1) is 9.21. The van der Waals surface area contributed by atoms with Gasteiger partial charge in [0.05, 0.1) is 20.4 Å². The van der Waals surface area contributed by atoms with Crippen LogP contribution in [0.15, 0.2) is 23.3 Å². The van der Waals surface area contributed by atoms with E-state index >= 15 is 0 Å². The van der Waals surface area contributed by atoms with Crippen LogP contribution in [0, 0.1) is 0 Å². The highest BCUT2D eigenvalue weighted by molar-refractivity contribution is 5.85. The van der Waals surface area contributed by atoms with Gasteiger partial charge in [-0.1, -0.05) is 13.3 Å². The number of unbranched alkanes of at least 4 members (excludes halogenated alkanes) is 1. The minimum atomic E-state index is -0.0834. The van der Waals surface area contributed by atoms with Crippen LogP contribution in [0.25, 0.3) is 0 Å². The minimum absolute atomic E-state index is 0.0834. The number of nitrogens with one attached hydrogen (secondary N) is 1. The number of benzene rings is 1. The van der Waals surface area contributed by atoms with Gasteiger partial charge in [-0.05, 0) is 24.6 Å². The van der Waals surface area contributed by atoms with Crippen LogP contribution in [0.3, 0.4) is 0 Å². The molecule has 0 bridgehead atoms. The van der Waals surface area contributed by atoms with E-state index in [1.54, 1.807) is 38.6 Å². The first kappa shape index (κ1) is 15.0. The topological polar surface area (TPSA) is 59.9 Å². The Bertz CT molecular complexity index is 444. The Morgan fingerprint density at radius 3 is 2.79 bits per heavy atom. The summed E-state index contributed by atoms with van der Waals surface area (Å²) in [7, 11) is 3.17. The molecule has 0 atom stereocenters. The lowest BCUT2D eigenvalue weighted by Gasteiger charge is -2.06. The van der Waals surface area contributed by atoms with Crippen molar-refractivity contribution in [1.82, 2.24) is 5.43 Å². The molecule has 0 heterocycles. The predicted molar refractivity (Wildman–Crippen MR) is 74.8 cm³/mol. The number of hydrazone groups is 1. The van der Waals surface area contributed by atoms with Gasteiger partial charge in [0.25, 0.3) is 0 Å². The van der Waals surface area contributed by atoms with Crippen molar-refractivity contribution >= 4 is 12.1 Å². The molecule has 1 rings (SSSR count). The largest absolute Gasteiger partial charge is 0.497 e. The van der Waals surface area contributed by atoms with Gasteiger partial charge in [-0.15, -0.1) is 0 Å². The van der Waals surface area contributed by atoms with Gasteiger partial charge in [-0.2, -0.15) is 5.10 Å². The Morgan fingerprint density at radius 2 is 2.16 bits per heavy atom. The van der Waals surface area contributed by atoms with Gasteiger partial charge >= 0.3 is 0 Å². The van der Waals surface area contributed by atoms with Crippen molar-refractivity contribution in [2.75, 3.05) is 14.2 Å². The summed E-state index contributed by atoms with van der Waals surface area (Å²) in [5.41, 5.74) is 3.24. The summed E-state index contributed by atoms with van der Waals surface area (Å²) in [5, 5.41) is 3.92. The second-order valence-corrected chi connectivity index (χ2v) is 4.00. The minimum Gasteiger partial charge on any atom is -0.497 e. The zero-order chi connectivity index (χ0) is 14.1. The van der Waals surface area contributed by atoms with E-state index in [9.17, 15) is 4.79 Å². The molecule has 0 unspecified atom stereocenters. The average Bonchev–Trinajstić information content (AvgIpc) is 2.44. The van der Waals surface area contributed by atoms with Crippen LogP contribution in [-0.4, -0.2) is 26.3 Å². The molecule has 0 saturated heterocycles. The Labute approximate surface area is 113 Å². The number of nitrogens with zero attached hydrogens (tertiary/aromatic N) is 1. The van der Waals surface area contributed by atoms with Crippen LogP contribution in [-0.2, 0) is 4.79 Å². The Hall–Kier alpha value is -2.04. The monoisotopic (exact) mass is 264 g/mol. The van der Waals surface area contributed by atoms with Crippen LogP contribution in [0.4, 0.5) is 0 Å². The Balaban J connectivity index is 2.66. The number of carbonyl (C=O) groups excluding carboxylic acids is 1. The van der Waals surface area contributed by atoms with Crippen molar-refractivity contribution in [1.29, 1.82) is 0 Å². The number of hydrogen-bond donors (Lipinski definition) is 1. The third kappa shape index (κ3) is 4.99. The Morgan fingerprint density at radius 1 is 1.37 bits per heavy atom. The van der Waals surface area contributed by atoms with E-state index in [4.69, 9.17) is 9.47 Å². The average molecular weight is 264 g/mol. The van der Waals surface area contributed by atoms with Crippen molar-refractivity contribution < 1.29 is 14.3 Å². The summed E-state index contributed by atoms with van der Waals surface area (Å²) >= 11 is 0. The molecule has 5 heteroatoms. The van der Waals surface area contributed by atoms with Crippen LogP contribution in [0.2, 0.25) is 0 Å². The molecule has 1 aromatic carbocycles. The van der Waals surface area contributed by atoms with Gasteiger partial charge in [0, 0.05) is 12.0 Å². The van der Waals surface area contributed by atoms with Gasteiger partial charge in [0.15, 0.2) is 0 Å². The van der Waals surface area contributed by atoms with Gasteiger partial charge in [0.2, 0.25) is 5.91 Å². The molecular formula is C14H20N2O3. The van der Waals surface area contributed by atoms with E-state index in [1.165, 1.54) is 0 Å². The summed E-state index contributed by atoms with van der Waals surface area (Å²) < 4.78 is 10.3. The van der Waals surface area contributed by atoms with Gasteiger partial charge in [-0.25, -0.2) is 5.43 Å². The lowest BCUT2D eigenvalue weighted by Crippen LogP contribution is -2.16. The quantitative estimate of drug-likeness (QED) is 0.607. The van der Waals surface area contributed by atoms with E-state index in [2.05, 4.69) is 10.5 Å². The summed E-state index contributed by atoms with van der Waals surface area (Å²) in [4.78, 5) is 11.4. The highest BCUT2D eigenvalue weighted by Crippen LogP contribution is 2.22. The van der Waals surface area contributed by atoms with Crippen molar-refractivity contribution in [2.45, 2.75) is 26.2 Å². The first-order valence-electron chi connectivity index (χ1n) is 6.25. The fourth-order valence-corrected chi connectivity index (χ4v) is 1.51. The fourth-order valence-electron chi connectivity index (χ4n) is 1.51. The number of hydrogen-bond acceptors (Lipinski definition) is 4. The fraction of sp³-hybridized carbons (Fsp3) is 0.429. The molecule has 19 heavy (non-hydrogen) atoms. The van der Waals surface area contributed by atoms with E-state index in [1.807, 2.05) is 6.92 Å². The molecule has 0 radical (unpaired) electrons.